The van der Waals surface area contributed by atoms with Crippen LogP contribution in [0.15, 0.2) is 127 Å². The highest BCUT2D eigenvalue weighted by atomic mass is 32.1. The first kappa shape index (κ1) is 24.0. The van der Waals surface area contributed by atoms with Crippen molar-refractivity contribution in [2.45, 2.75) is 19.4 Å². The predicted molar refractivity (Wildman–Crippen MR) is 172 cm³/mol. The highest BCUT2D eigenvalue weighted by Gasteiger charge is 2.24. The van der Waals surface area contributed by atoms with Crippen LogP contribution in [0.5, 0.6) is 0 Å². The summed E-state index contributed by atoms with van der Waals surface area (Å²) in [6.45, 7) is 0.480. The fraction of sp³-hybridized carbons (Fsp3) is 0.0811. The Bertz CT molecular complexity index is 2100. The zero-order valence-electron chi connectivity index (χ0n) is 22.5. The molecular formula is C37H28N2OS. The molecule has 0 radical (unpaired) electrons. The average molecular weight is 549 g/mol. The Kier molecular flexibility index (Phi) is 5.68. The van der Waals surface area contributed by atoms with E-state index in [2.05, 4.69) is 126 Å². The van der Waals surface area contributed by atoms with Gasteiger partial charge in [0.15, 0.2) is 0 Å². The van der Waals surface area contributed by atoms with Crippen LogP contribution in [-0.2, 0) is 17.8 Å². The number of thiophene rings is 1. The van der Waals surface area contributed by atoms with Gasteiger partial charge in [-0.3, -0.25) is 0 Å². The third-order valence-corrected chi connectivity index (χ3v) is 9.40. The maximum absolute atomic E-state index is 6.51. The molecule has 2 N–H and O–H groups in total. The SMILES string of the molecule is NC1=C(OCc2ccc(-n3c4ccccc4c4cc(-c5ccccc5)ccc43)cc2)c2c(sc3ccccc23)CC1. The smallest absolute Gasteiger partial charge is 0.147 e. The van der Waals surface area contributed by atoms with E-state index in [1.54, 1.807) is 0 Å². The molecule has 7 aromatic rings. The lowest BCUT2D eigenvalue weighted by Crippen LogP contribution is -2.11. The molecule has 8 rings (SSSR count). The van der Waals surface area contributed by atoms with E-state index in [1.807, 2.05) is 11.3 Å². The van der Waals surface area contributed by atoms with Gasteiger partial charge < -0.3 is 15.0 Å². The maximum atomic E-state index is 6.51. The summed E-state index contributed by atoms with van der Waals surface area (Å²) in [7, 11) is 0. The Morgan fingerprint density at radius 3 is 2.24 bits per heavy atom. The normalized spacial score (nSPS) is 13.3. The summed E-state index contributed by atoms with van der Waals surface area (Å²) in [5.41, 5.74) is 15.6. The number of aryl methyl sites for hydroxylation is 1. The lowest BCUT2D eigenvalue weighted by atomic mass is 9.98. The fourth-order valence-corrected chi connectivity index (χ4v) is 7.37. The first-order valence-corrected chi connectivity index (χ1v) is 14.9. The third-order valence-electron chi connectivity index (χ3n) is 8.17. The number of nitrogens with zero attached hydrogens (tertiary/aromatic N) is 1. The van der Waals surface area contributed by atoms with Crippen molar-refractivity contribution < 1.29 is 4.74 Å². The van der Waals surface area contributed by atoms with Crippen LogP contribution in [0.25, 0.3) is 54.5 Å². The monoisotopic (exact) mass is 548 g/mol. The number of aromatic nitrogens is 1. The summed E-state index contributed by atoms with van der Waals surface area (Å²) < 4.78 is 10.1. The number of para-hydroxylation sites is 1. The Morgan fingerprint density at radius 2 is 1.39 bits per heavy atom. The van der Waals surface area contributed by atoms with Crippen LogP contribution < -0.4 is 5.73 Å². The predicted octanol–water partition coefficient (Wildman–Crippen LogP) is 9.46. The largest absolute Gasteiger partial charge is 0.486 e. The highest BCUT2D eigenvalue weighted by Crippen LogP contribution is 2.42. The van der Waals surface area contributed by atoms with E-state index in [4.69, 9.17) is 10.5 Å². The van der Waals surface area contributed by atoms with Crippen LogP contribution in [0, 0.1) is 0 Å². The number of fused-ring (bicyclic) bond motifs is 6. The summed E-state index contributed by atoms with van der Waals surface area (Å²) >= 11 is 1.86. The van der Waals surface area contributed by atoms with Crippen molar-refractivity contribution in [2.24, 2.45) is 5.73 Å². The van der Waals surface area contributed by atoms with E-state index in [9.17, 15) is 0 Å². The number of hydrogen-bond acceptors (Lipinski definition) is 3. The van der Waals surface area contributed by atoms with Crippen LogP contribution >= 0.6 is 11.3 Å². The topological polar surface area (TPSA) is 40.2 Å². The van der Waals surface area contributed by atoms with Crippen molar-refractivity contribution in [1.29, 1.82) is 0 Å². The second kappa shape index (κ2) is 9.69. The summed E-state index contributed by atoms with van der Waals surface area (Å²) in [6.07, 6.45) is 1.82. The van der Waals surface area contributed by atoms with E-state index >= 15 is 0 Å². The molecule has 2 aromatic heterocycles. The van der Waals surface area contributed by atoms with Gasteiger partial charge in [0.1, 0.15) is 12.4 Å². The van der Waals surface area contributed by atoms with Crippen molar-refractivity contribution in [2.75, 3.05) is 0 Å². The Hall–Kier alpha value is -4.80. The number of ether oxygens (including phenoxy) is 1. The van der Waals surface area contributed by atoms with Crippen molar-refractivity contribution in [3.05, 3.63) is 143 Å². The van der Waals surface area contributed by atoms with Crippen LogP contribution in [0.2, 0.25) is 0 Å². The molecule has 0 amide bonds. The molecule has 2 heterocycles. The molecular weight excluding hydrogens is 520 g/mol. The first-order valence-electron chi connectivity index (χ1n) is 14.0. The van der Waals surface area contributed by atoms with Gasteiger partial charge >= 0.3 is 0 Å². The Morgan fingerprint density at radius 1 is 0.659 bits per heavy atom. The standard InChI is InChI=1S/C37H28N2OS/c38-31-19-21-35-36(29-11-5-7-13-34(29)41-35)37(31)40-23-24-14-17-27(18-15-24)39-32-12-6-4-10-28(32)30-22-26(16-20-33(30)39)25-8-2-1-3-9-25/h1-18,20,22H,19,21,23,38H2. The average Bonchev–Trinajstić information content (AvgIpc) is 3.57. The van der Waals surface area contributed by atoms with Gasteiger partial charge in [0.05, 0.1) is 16.7 Å². The zero-order valence-corrected chi connectivity index (χ0v) is 23.3. The van der Waals surface area contributed by atoms with Crippen molar-refractivity contribution in [3.63, 3.8) is 0 Å². The van der Waals surface area contributed by atoms with Crippen LogP contribution in [0.1, 0.15) is 22.4 Å². The molecule has 0 saturated carbocycles. The van der Waals surface area contributed by atoms with E-state index in [0.717, 1.165) is 35.5 Å². The summed E-state index contributed by atoms with van der Waals surface area (Å²) in [5, 5.41) is 3.75. The zero-order chi connectivity index (χ0) is 27.3. The molecule has 1 aliphatic rings. The van der Waals surface area contributed by atoms with Crippen molar-refractivity contribution in [3.8, 4) is 16.8 Å². The first-order chi connectivity index (χ1) is 20.2. The molecule has 0 spiro atoms. The molecule has 198 valence electrons. The summed E-state index contributed by atoms with van der Waals surface area (Å²) in [6, 6.07) is 43.3. The third kappa shape index (κ3) is 4.02. The molecule has 3 nitrogen and oxygen atoms in total. The molecule has 41 heavy (non-hydrogen) atoms. The van der Waals surface area contributed by atoms with Gasteiger partial charge in [-0.05, 0) is 65.9 Å². The minimum Gasteiger partial charge on any atom is -0.486 e. The Labute approximate surface area is 242 Å². The quantitative estimate of drug-likeness (QED) is 0.233. The van der Waals surface area contributed by atoms with Gasteiger partial charge in [-0.25, -0.2) is 0 Å². The number of benzene rings is 5. The molecule has 0 saturated heterocycles. The van der Waals surface area contributed by atoms with Crippen molar-refractivity contribution >= 4 is 49.0 Å². The lowest BCUT2D eigenvalue weighted by Gasteiger charge is -2.19. The van der Waals surface area contributed by atoms with E-state index in [0.29, 0.717) is 6.61 Å². The van der Waals surface area contributed by atoms with E-state index in [1.165, 1.54) is 53.5 Å². The van der Waals surface area contributed by atoms with E-state index in [-0.39, 0.29) is 0 Å². The lowest BCUT2D eigenvalue weighted by molar-refractivity contribution is 0.260. The number of allylic oxidation sites excluding steroid dienone is 1. The molecule has 1 aliphatic carbocycles. The Balaban J connectivity index is 1.13. The summed E-state index contributed by atoms with van der Waals surface area (Å²) in [5.74, 6) is 0.851. The highest BCUT2D eigenvalue weighted by molar-refractivity contribution is 7.19. The van der Waals surface area contributed by atoms with Gasteiger partial charge in [0.2, 0.25) is 0 Å². The second-order valence-electron chi connectivity index (χ2n) is 10.7. The maximum Gasteiger partial charge on any atom is 0.147 e. The summed E-state index contributed by atoms with van der Waals surface area (Å²) in [4.78, 5) is 1.37. The van der Waals surface area contributed by atoms with Crippen LogP contribution in [0.3, 0.4) is 0 Å². The molecule has 5 aromatic carbocycles. The minimum absolute atomic E-state index is 0.480. The molecule has 0 unspecified atom stereocenters. The molecule has 4 heteroatoms. The molecule has 0 aliphatic heterocycles. The second-order valence-corrected chi connectivity index (χ2v) is 11.8. The van der Waals surface area contributed by atoms with Gasteiger partial charge in [-0.15, -0.1) is 11.3 Å². The molecule has 0 bridgehead atoms. The van der Waals surface area contributed by atoms with Gasteiger partial charge in [0.25, 0.3) is 0 Å². The minimum atomic E-state index is 0.480. The van der Waals surface area contributed by atoms with Crippen molar-refractivity contribution in [1.82, 2.24) is 4.57 Å². The van der Waals surface area contributed by atoms with Crippen LogP contribution in [0.4, 0.5) is 0 Å². The number of rotatable bonds is 5. The number of nitrogens with two attached hydrogens (primary N) is 1. The van der Waals surface area contributed by atoms with Gasteiger partial charge in [0, 0.05) is 37.0 Å². The van der Waals surface area contributed by atoms with E-state index < -0.39 is 0 Å². The molecule has 0 atom stereocenters. The van der Waals surface area contributed by atoms with Gasteiger partial charge in [-0.2, -0.15) is 0 Å². The van der Waals surface area contributed by atoms with Gasteiger partial charge in [-0.1, -0.05) is 84.9 Å². The fourth-order valence-electron chi connectivity index (χ4n) is 6.17. The van der Waals surface area contributed by atoms with Crippen LogP contribution in [-0.4, -0.2) is 4.57 Å². The molecule has 0 fully saturated rings. The number of hydrogen-bond donors (Lipinski definition) is 1.